The summed E-state index contributed by atoms with van der Waals surface area (Å²) in [4.78, 5) is 22.8. The maximum atomic E-state index is 12.5. The zero-order chi connectivity index (χ0) is 24.7. The summed E-state index contributed by atoms with van der Waals surface area (Å²) >= 11 is 0. The molecule has 0 fully saturated rings. The highest BCUT2D eigenvalue weighted by Gasteiger charge is 2.14. The van der Waals surface area contributed by atoms with Crippen molar-refractivity contribution in [3.63, 3.8) is 0 Å². The largest absolute Gasteiger partial charge is 0.318 e. The first-order chi connectivity index (χ1) is 16.9. The molecule has 0 saturated carbocycles. The first-order valence-corrected chi connectivity index (χ1v) is 12.7. The standard InChI is InChI=1S/C25H27N7O2S/c1-18-5-3-8-23(30-18)25-28-12-10-21(32-25)17-20-9-11-27-24(31-20)16-19-6-4-7-22(15-19)35(33,34)29-14-13-26-2/h3-12,15,26,29H,13-14,16-17H2,1-2H3. The van der Waals surface area contributed by atoms with Crippen LogP contribution in [-0.2, 0) is 22.9 Å². The van der Waals surface area contributed by atoms with Gasteiger partial charge in [0.1, 0.15) is 11.5 Å². The Labute approximate surface area is 205 Å². The third kappa shape index (κ3) is 6.72. The van der Waals surface area contributed by atoms with Crippen molar-refractivity contribution in [2.75, 3.05) is 20.1 Å². The van der Waals surface area contributed by atoms with Gasteiger partial charge in [-0.2, -0.15) is 0 Å². The van der Waals surface area contributed by atoms with Crippen molar-refractivity contribution < 1.29 is 8.42 Å². The minimum atomic E-state index is -3.58. The van der Waals surface area contributed by atoms with E-state index in [1.807, 2.05) is 43.3 Å². The second-order valence-corrected chi connectivity index (χ2v) is 9.77. The average Bonchev–Trinajstić information content (AvgIpc) is 2.85. The maximum absolute atomic E-state index is 12.5. The molecule has 9 nitrogen and oxygen atoms in total. The molecule has 4 rings (SSSR count). The number of hydrogen-bond acceptors (Lipinski definition) is 8. The zero-order valence-electron chi connectivity index (χ0n) is 19.6. The highest BCUT2D eigenvalue weighted by molar-refractivity contribution is 7.89. The van der Waals surface area contributed by atoms with E-state index in [2.05, 4.69) is 35.0 Å². The van der Waals surface area contributed by atoms with E-state index in [4.69, 9.17) is 0 Å². The average molecular weight is 490 g/mol. The molecule has 35 heavy (non-hydrogen) atoms. The highest BCUT2D eigenvalue weighted by Crippen LogP contribution is 2.16. The SMILES string of the molecule is CNCCNS(=O)(=O)c1cccc(Cc2nccc(Cc3ccnc(-c4cccc(C)n4)n3)n2)c1. The van der Waals surface area contributed by atoms with Gasteiger partial charge in [-0.3, -0.25) is 0 Å². The fraction of sp³-hybridized carbons (Fsp3) is 0.240. The number of aromatic nitrogens is 5. The molecule has 0 bridgehead atoms. The summed E-state index contributed by atoms with van der Waals surface area (Å²) in [6.07, 6.45) is 4.36. The van der Waals surface area contributed by atoms with Crippen LogP contribution < -0.4 is 10.0 Å². The van der Waals surface area contributed by atoms with E-state index in [9.17, 15) is 8.42 Å². The van der Waals surface area contributed by atoms with Crippen molar-refractivity contribution >= 4 is 10.0 Å². The van der Waals surface area contributed by atoms with Gasteiger partial charge in [-0.15, -0.1) is 0 Å². The van der Waals surface area contributed by atoms with E-state index in [0.29, 0.717) is 37.6 Å². The first kappa shape index (κ1) is 24.5. The molecule has 0 amide bonds. The normalized spacial score (nSPS) is 11.5. The van der Waals surface area contributed by atoms with Crippen LogP contribution in [0.15, 0.2) is 71.9 Å². The monoisotopic (exact) mass is 489 g/mol. The summed E-state index contributed by atoms with van der Waals surface area (Å²) in [6, 6.07) is 16.3. The van der Waals surface area contributed by atoms with Crippen molar-refractivity contribution in [1.29, 1.82) is 0 Å². The molecule has 0 spiro atoms. The second-order valence-electron chi connectivity index (χ2n) is 8.00. The Kier molecular flexibility index (Phi) is 7.86. The Morgan fingerprint density at radius 3 is 2.40 bits per heavy atom. The molecule has 0 unspecified atom stereocenters. The number of rotatable bonds is 10. The van der Waals surface area contributed by atoms with E-state index >= 15 is 0 Å². The van der Waals surface area contributed by atoms with Crippen LogP contribution in [0.2, 0.25) is 0 Å². The number of sulfonamides is 1. The zero-order valence-corrected chi connectivity index (χ0v) is 20.5. The van der Waals surface area contributed by atoms with E-state index in [-0.39, 0.29) is 4.90 Å². The molecule has 180 valence electrons. The van der Waals surface area contributed by atoms with Crippen molar-refractivity contribution in [1.82, 2.24) is 35.0 Å². The number of pyridine rings is 1. The number of aryl methyl sites for hydroxylation is 1. The fourth-order valence-electron chi connectivity index (χ4n) is 3.49. The molecule has 3 heterocycles. The molecule has 1 aromatic carbocycles. The lowest BCUT2D eigenvalue weighted by atomic mass is 10.1. The minimum Gasteiger partial charge on any atom is -0.318 e. The lowest BCUT2D eigenvalue weighted by molar-refractivity contribution is 0.579. The molecule has 2 N–H and O–H groups in total. The molecule has 0 saturated heterocycles. The number of nitrogens with zero attached hydrogens (tertiary/aromatic N) is 5. The van der Waals surface area contributed by atoms with Crippen molar-refractivity contribution in [3.8, 4) is 11.5 Å². The number of likely N-dealkylation sites (N-methyl/N-ethyl adjacent to an activating group) is 1. The van der Waals surface area contributed by atoms with Crippen LogP contribution in [0.5, 0.6) is 0 Å². The van der Waals surface area contributed by atoms with Crippen LogP contribution >= 0.6 is 0 Å². The van der Waals surface area contributed by atoms with Gasteiger partial charge < -0.3 is 5.32 Å². The van der Waals surface area contributed by atoms with Gasteiger partial charge in [-0.1, -0.05) is 18.2 Å². The van der Waals surface area contributed by atoms with E-state index in [0.717, 1.165) is 28.3 Å². The van der Waals surface area contributed by atoms with Gasteiger partial charge in [0, 0.05) is 44.0 Å². The Hall–Kier alpha value is -3.60. The third-order valence-electron chi connectivity index (χ3n) is 5.19. The molecule has 0 aliphatic heterocycles. The van der Waals surface area contributed by atoms with Gasteiger partial charge in [0.2, 0.25) is 10.0 Å². The van der Waals surface area contributed by atoms with Crippen molar-refractivity contribution in [3.05, 3.63) is 95.5 Å². The lowest BCUT2D eigenvalue weighted by Gasteiger charge is -2.09. The summed E-state index contributed by atoms with van der Waals surface area (Å²) < 4.78 is 27.6. The van der Waals surface area contributed by atoms with Gasteiger partial charge in [0.15, 0.2) is 5.82 Å². The molecular weight excluding hydrogens is 462 g/mol. The first-order valence-electron chi connectivity index (χ1n) is 11.2. The van der Waals surface area contributed by atoms with Gasteiger partial charge in [0.05, 0.1) is 16.3 Å². The molecule has 0 atom stereocenters. The van der Waals surface area contributed by atoms with Crippen molar-refractivity contribution in [2.45, 2.75) is 24.7 Å². The predicted octanol–water partition coefficient (Wildman–Crippen LogP) is 2.32. The van der Waals surface area contributed by atoms with Crippen LogP contribution in [-0.4, -0.2) is 53.5 Å². The smallest absolute Gasteiger partial charge is 0.240 e. The third-order valence-corrected chi connectivity index (χ3v) is 6.65. The van der Waals surface area contributed by atoms with Gasteiger partial charge in [0.25, 0.3) is 0 Å². The molecule has 0 radical (unpaired) electrons. The Bertz CT molecular complexity index is 1410. The number of hydrogen-bond donors (Lipinski definition) is 2. The quantitative estimate of drug-likeness (QED) is 0.326. The fourth-order valence-corrected chi connectivity index (χ4v) is 4.60. The summed E-state index contributed by atoms with van der Waals surface area (Å²) in [7, 11) is -1.80. The van der Waals surface area contributed by atoms with E-state index in [1.54, 1.807) is 37.6 Å². The topological polar surface area (TPSA) is 123 Å². The van der Waals surface area contributed by atoms with Crippen molar-refractivity contribution in [2.24, 2.45) is 0 Å². The molecule has 10 heteroatoms. The Morgan fingerprint density at radius 1 is 0.829 bits per heavy atom. The second kappa shape index (κ2) is 11.2. The number of benzene rings is 1. The van der Waals surface area contributed by atoms with Gasteiger partial charge >= 0.3 is 0 Å². The van der Waals surface area contributed by atoms with Gasteiger partial charge in [-0.05, 0) is 55.9 Å². The maximum Gasteiger partial charge on any atom is 0.240 e. The Morgan fingerprint density at radius 2 is 1.60 bits per heavy atom. The Balaban J connectivity index is 1.48. The van der Waals surface area contributed by atoms with Crippen LogP contribution in [0.3, 0.4) is 0 Å². The van der Waals surface area contributed by atoms with Crippen LogP contribution in [0.25, 0.3) is 11.5 Å². The van der Waals surface area contributed by atoms with Crippen LogP contribution in [0.4, 0.5) is 0 Å². The van der Waals surface area contributed by atoms with Gasteiger partial charge in [-0.25, -0.2) is 38.1 Å². The predicted molar refractivity (Wildman–Crippen MR) is 133 cm³/mol. The van der Waals surface area contributed by atoms with Crippen LogP contribution in [0, 0.1) is 6.92 Å². The summed E-state index contributed by atoms with van der Waals surface area (Å²) in [5.74, 6) is 1.18. The highest BCUT2D eigenvalue weighted by atomic mass is 32.2. The molecular formula is C25H27N7O2S. The molecule has 3 aromatic heterocycles. The van der Waals surface area contributed by atoms with Crippen LogP contribution in [0.1, 0.15) is 28.5 Å². The summed E-state index contributed by atoms with van der Waals surface area (Å²) in [5, 5.41) is 2.92. The lowest BCUT2D eigenvalue weighted by Crippen LogP contribution is -2.30. The summed E-state index contributed by atoms with van der Waals surface area (Å²) in [6.45, 7) is 2.80. The van der Waals surface area contributed by atoms with E-state index < -0.39 is 10.0 Å². The molecule has 0 aliphatic rings. The van der Waals surface area contributed by atoms with E-state index in [1.165, 1.54) is 0 Å². The summed E-state index contributed by atoms with van der Waals surface area (Å²) in [5.41, 5.74) is 4.08. The molecule has 0 aliphatic carbocycles. The minimum absolute atomic E-state index is 0.223. The number of nitrogens with one attached hydrogen (secondary N) is 2. The molecule has 4 aromatic rings.